The zero-order valence-electron chi connectivity index (χ0n) is 17.9. The lowest BCUT2D eigenvalue weighted by Gasteiger charge is -2.36. The second-order valence-corrected chi connectivity index (χ2v) is 9.63. The van der Waals surface area contributed by atoms with Crippen molar-refractivity contribution in [1.29, 1.82) is 0 Å². The summed E-state index contributed by atoms with van der Waals surface area (Å²) in [6.45, 7) is 4.10. The van der Waals surface area contributed by atoms with Crippen LogP contribution < -0.4 is 16.2 Å². The number of fused-ring (bicyclic) bond motifs is 3. The second kappa shape index (κ2) is 8.69. The number of hydrogen-bond acceptors (Lipinski definition) is 7. The standard InChI is InChI=1S/C23H25ClN6OS/c1-14-3-8-18(11-15(14)2)25-21(31)13-32-23-27-26-22-20-12-19(16-4-6-17(24)7-5-16)28-30(20)10-9-29(22)23/h3-11,19-20,22,26,28H,12-13H2,1-2H3,(H,25,31). The van der Waals surface area contributed by atoms with Crippen LogP contribution in [0, 0.1) is 13.8 Å². The van der Waals surface area contributed by atoms with Crippen LogP contribution in [0.15, 0.2) is 60.0 Å². The topological polar surface area (TPSA) is 72.0 Å². The third kappa shape index (κ3) is 4.18. The van der Waals surface area contributed by atoms with Crippen molar-refractivity contribution in [2.75, 3.05) is 11.1 Å². The minimum absolute atomic E-state index is 0.0232. The molecule has 0 aliphatic carbocycles. The Balaban J connectivity index is 1.18. The van der Waals surface area contributed by atoms with Gasteiger partial charge in [-0.3, -0.25) is 10.2 Å². The smallest absolute Gasteiger partial charge is 0.234 e. The van der Waals surface area contributed by atoms with Crippen molar-refractivity contribution in [2.24, 2.45) is 5.10 Å². The maximum absolute atomic E-state index is 12.5. The molecule has 1 fully saturated rings. The zero-order valence-corrected chi connectivity index (χ0v) is 19.5. The van der Waals surface area contributed by atoms with Gasteiger partial charge in [-0.15, -0.1) is 0 Å². The summed E-state index contributed by atoms with van der Waals surface area (Å²) in [6, 6.07) is 14.3. The number of nitrogens with one attached hydrogen (secondary N) is 3. The van der Waals surface area contributed by atoms with Gasteiger partial charge in [0, 0.05) is 23.1 Å². The van der Waals surface area contributed by atoms with E-state index in [4.69, 9.17) is 11.6 Å². The van der Waals surface area contributed by atoms with Gasteiger partial charge in [0.15, 0.2) is 5.17 Å². The first kappa shape index (κ1) is 21.2. The average Bonchev–Trinajstić information content (AvgIpc) is 3.39. The first-order valence-electron chi connectivity index (χ1n) is 10.6. The van der Waals surface area contributed by atoms with E-state index < -0.39 is 0 Å². The number of benzene rings is 2. The normalized spacial score (nSPS) is 23.5. The largest absolute Gasteiger partial charge is 0.325 e. The molecule has 3 aliphatic heterocycles. The maximum Gasteiger partial charge on any atom is 0.234 e. The quantitative estimate of drug-likeness (QED) is 0.631. The Labute approximate surface area is 196 Å². The fourth-order valence-electron chi connectivity index (χ4n) is 4.21. The molecule has 0 radical (unpaired) electrons. The molecule has 2 aromatic rings. The lowest BCUT2D eigenvalue weighted by atomic mass is 10.00. The van der Waals surface area contributed by atoms with E-state index in [0.717, 1.165) is 27.9 Å². The number of amides is 1. The van der Waals surface area contributed by atoms with E-state index in [1.807, 2.05) is 49.7 Å². The Hall–Kier alpha value is -2.68. The van der Waals surface area contributed by atoms with Crippen LogP contribution in [0.3, 0.4) is 0 Å². The fourth-order valence-corrected chi connectivity index (χ4v) is 5.11. The number of hydrogen-bond donors (Lipinski definition) is 3. The van der Waals surface area contributed by atoms with Gasteiger partial charge < -0.3 is 15.2 Å². The molecule has 2 aromatic carbocycles. The molecule has 9 heteroatoms. The number of rotatable bonds is 4. The molecule has 0 aromatic heterocycles. The Bertz CT molecular complexity index is 1090. The summed E-state index contributed by atoms with van der Waals surface area (Å²) in [4.78, 5) is 14.6. The van der Waals surface area contributed by atoms with Crippen LogP contribution in [-0.4, -0.2) is 38.9 Å². The van der Waals surface area contributed by atoms with Crippen molar-refractivity contribution in [3.63, 3.8) is 0 Å². The van der Waals surface area contributed by atoms with Gasteiger partial charge in [0.2, 0.25) is 5.91 Å². The zero-order chi connectivity index (χ0) is 22.2. The molecule has 5 rings (SSSR count). The summed E-state index contributed by atoms with van der Waals surface area (Å²) in [6.07, 6.45) is 5.00. The highest BCUT2D eigenvalue weighted by molar-refractivity contribution is 8.14. The maximum atomic E-state index is 12.5. The minimum atomic E-state index is -0.0441. The number of anilines is 1. The SMILES string of the molecule is Cc1ccc(NC(=O)CSC2=NNC3C4CC(c5ccc(Cl)cc5)NN4C=CN23)cc1C. The van der Waals surface area contributed by atoms with E-state index in [9.17, 15) is 4.79 Å². The molecule has 3 atom stereocenters. The predicted molar refractivity (Wildman–Crippen MR) is 130 cm³/mol. The van der Waals surface area contributed by atoms with Gasteiger partial charge in [-0.1, -0.05) is 41.6 Å². The Morgan fingerprint density at radius 3 is 2.78 bits per heavy atom. The molecule has 166 valence electrons. The Morgan fingerprint density at radius 1 is 1.19 bits per heavy atom. The number of amidine groups is 1. The number of thioether (sulfide) groups is 1. The molecule has 32 heavy (non-hydrogen) atoms. The van der Waals surface area contributed by atoms with Gasteiger partial charge in [-0.25, -0.2) is 5.43 Å². The van der Waals surface area contributed by atoms with Gasteiger partial charge >= 0.3 is 0 Å². The minimum Gasteiger partial charge on any atom is -0.325 e. The van der Waals surface area contributed by atoms with Gasteiger partial charge in [-0.2, -0.15) is 5.10 Å². The van der Waals surface area contributed by atoms with Gasteiger partial charge in [0.25, 0.3) is 0 Å². The summed E-state index contributed by atoms with van der Waals surface area (Å²) in [7, 11) is 0. The third-order valence-corrected chi connectivity index (χ3v) is 7.32. The summed E-state index contributed by atoms with van der Waals surface area (Å²) < 4.78 is 0. The summed E-state index contributed by atoms with van der Waals surface area (Å²) in [5.74, 6) is 0.252. The number of hydrazine groups is 1. The fraction of sp³-hybridized carbons (Fsp3) is 0.304. The summed E-state index contributed by atoms with van der Waals surface area (Å²) in [5, 5.41) is 11.2. The number of carbonyl (C=O) groups is 1. The van der Waals surface area contributed by atoms with E-state index in [2.05, 4.69) is 50.2 Å². The van der Waals surface area contributed by atoms with Crippen molar-refractivity contribution in [3.05, 3.63) is 76.6 Å². The molecule has 3 heterocycles. The average molecular weight is 469 g/mol. The molecule has 1 amide bonds. The van der Waals surface area contributed by atoms with Gasteiger partial charge in [0.05, 0.1) is 17.8 Å². The van der Waals surface area contributed by atoms with Crippen molar-refractivity contribution in [3.8, 4) is 0 Å². The predicted octanol–water partition coefficient (Wildman–Crippen LogP) is 3.94. The van der Waals surface area contributed by atoms with E-state index in [1.165, 1.54) is 22.9 Å². The third-order valence-electron chi connectivity index (χ3n) is 6.10. The van der Waals surface area contributed by atoms with Crippen LogP contribution in [0.4, 0.5) is 5.69 Å². The Morgan fingerprint density at radius 2 is 2.00 bits per heavy atom. The molecule has 0 saturated carbocycles. The van der Waals surface area contributed by atoms with E-state index in [-0.39, 0.29) is 24.2 Å². The van der Waals surface area contributed by atoms with Crippen LogP contribution >= 0.6 is 23.4 Å². The monoisotopic (exact) mass is 468 g/mol. The molecule has 3 N–H and O–H groups in total. The highest BCUT2D eigenvalue weighted by Gasteiger charge is 2.44. The molecule has 3 aliphatic rings. The van der Waals surface area contributed by atoms with Crippen molar-refractivity contribution in [2.45, 2.75) is 38.5 Å². The molecular formula is C23H25ClN6OS. The van der Waals surface area contributed by atoms with Crippen LogP contribution in [0.5, 0.6) is 0 Å². The Kier molecular flexibility index (Phi) is 5.75. The lowest BCUT2D eigenvalue weighted by molar-refractivity contribution is -0.113. The number of halogens is 1. The number of carbonyl (C=O) groups excluding carboxylic acids is 1. The first-order chi connectivity index (χ1) is 15.5. The summed E-state index contributed by atoms with van der Waals surface area (Å²) >= 11 is 7.47. The molecular weight excluding hydrogens is 444 g/mol. The molecule has 1 saturated heterocycles. The first-order valence-corrected chi connectivity index (χ1v) is 11.9. The number of hydrazone groups is 1. The highest BCUT2D eigenvalue weighted by atomic mass is 35.5. The van der Waals surface area contributed by atoms with Crippen LogP contribution in [0.25, 0.3) is 0 Å². The van der Waals surface area contributed by atoms with E-state index >= 15 is 0 Å². The number of nitrogens with zero attached hydrogens (tertiary/aromatic N) is 3. The van der Waals surface area contributed by atoms with E-state index in [0.29, 0.717) is 5.75 Å². The lowest BCUT2D eigenvalue weighted by Crippen LogP contribution is -2.54. The highest BCUT2D eigenvalue weighted by Crippen LogP contribution is 2.35. The van der Waals surface area contributed by atoms with Crippen molar-refractivity contribution < 1.29 is 4.79 Å². The molecule has 0 spiro atoms. The van der Waals surface area contributed by atoms with Gasteiger partial charge in [-0.05, 0) is 61.2 Å². The van der Waals surface area contributed by atoms with Crippen molar-refractivity contribution in [1.82, 2.24) is 20.8 Å². The molecule has 7 nitrogen and oxygen atoms in total. The van der Waals surface area contributed by atoms with E-state index in [1.54, 1.807) is 0 Å². The van der Waals surface area contributed by atoms with Crippen molar-refractivity contribution >= 4 is 40.1 Å². The molecule has 3 unspecified atom stereocenters. The van der Waals surface area contributed by atoms with Crippen LogP contribution in [0.1, 0.15) is 29.2 Å². The van der Waals surface area contributed by atoms with Crippen LogP contribution in [-0.2, 0) is 4.79 Å². The van der Waals surface area contributed by atoms with Crippen LogP contribution in [0.2, 0.25) is 5.02 Å². The summed E-state index contributed by atoms with van der Waals surface area (Å²) in [5.41, 5.74) is 11.2. The molecule has 0 bridgehead atoms. The van der Waals surface area contributed by atoms with Gasteiger partial charge in [0.1, 0.15) is 6.17 Å². The second-order valence-electron chi connectivity index (χ2n) is 8.25. The number of aryl methyl sites for hydroxylation is 2.